The predicted molar refractivity (Wildman–Crippen MR) is 63.7 cm³/mol. The van der Waals surface area contributed by atoms with Crippen LogP contribution in [0.3, 0.4) is 0 Å². The van der Waals surface area contributed by atoms with Gasteiger partial charge in [0.05, 0.1) is 19.8 Å². The van der Waals surface area contributed by atoms with Crippen LogP contribution in [0.25, 0.3) is 0 Å². The van der Waals surface area contributed by atoms with Crippen molar-refractivity contribution in [3.05, 3.63) is 0 Å². The minimum atomic E-state index is 0.736. The van der Waals surface area contributed by atoms with Gasteiger partial charge in [0.15, 0.2) is 0 Å². The molecule has 4 nitrogen and oxygen atoms in total. The minimum absolute atomic E-state index is 0.736. The summed E-state index contributed by atoms with van der Waals surface area (Å²) >= 11 is 0. The number of rotatable bonds is 8. The lowest BCUT2D eigenvalue weighted by molar-refractivity contribution is 0.0362. The van der Waals surface area contributed by atoms with Gasteiger partial charge in [-0.05, 0) is 12.8 Å². The molecule has 0 unspecified atom stereocenters. The lowest BCUT2D eigenvalue weighted by Crippen LogP contribution is -2.44. The number of piperazine rings is 1. The van der Waals surface area contributed by atoms with Gasteiger partial charge in [-0.1, -0.05) is 6.92 Å². The van der Waals surface area contributed by atoms with Crippen LogP contribution in [-0.2, 0) is 9.47 Å². The molecule has 2 bridgehead atoms. The van der Waals surface area contributed by atoms with Crippen molar-refractivity contribution in [1.82, 2.24) is 10.2 Å². The average Bonchev–Trinajstić information content (AvgIpc) is 2.90. The van der Waals surface area contributed by atoms with Gasteiger partial charge < -0.3 is 14.8 Å². The highest BCUT2D eigenvalue weighted by Crippen LogP contribution is 2.22. The maximum atomic E-state index is 5.56. The van der Waals surface area contributed by atoms with E-state index < -0.39 is 0 Å². The van der Waals surface area contributed by atoms with Crippen LogP contribution in [0.4, 0.5) is 0 Å². The van der Waals surface area contributed by atoms with Crippen LogP contribution in [0.5, 0.6) is 0 Å². The van der Waals surface area contributed by atoms with Crippen LogP contribution in [0.15, 0.2) is 0 Å². The van der Waals surface area contributed by atoms with Gasteiger partial charge in [-0.25, -0.2) is 0 Å². The van der Waals surface area contributed by atoms with E-state index in [2.05, 4.69) is 17.1 Å². The summed E-state index contributed by atoms with van der Waals surface area (Å²) in [4.78, 5) is 2.55. The van der Waals surface area contributed by atoms with E-state index in [0.29, 0.717) is 0 Å². The lowest BCUT2D eigenvalue weighted by atomic mass is 10.2. The first-order valence-electron chi connectivity index (χ1n) is 6.53. The molecule has 2 aliphatic rings. The Hall–Kier alpha value is -0.160. The molecule has 0 aromatic rings. The van der Waals surface area contributed by atoms with Crippen molar-refractivity contribution in [3.8, 4) is 0 Å². The maximum absolute atomic E-state index is 5.56. The van der Waals surface area contributed by atoms with E-state index in [4.69, 9.17) is 9.47 Å². The quantitative estimate of drug-likeness (QED) is 0.613. The van der Waals surface area contributed by atoms with E-state index >= 15 is 0 Å². The maximum Gasteiger partial charge on any atom is 0.0701 e. The number of hydrogen-bond acceptors (Lipinski definition) is 4. The highest BCUT2D eigenvalue weighted by Gasteiger charge is 2.36. The zero-order valence-electron chi connectivity index (χ0n) is 10.3. The van der Waals surface area contributed by atoms with Crippen LogP contribution in [0, 0.1) is 0 Å². The fraction of sp³-hybridized carbons (Fsp3) is 1.00. The Bertz CT molecular complexity index is 201. The van der Waals surface area contributed by atoms with Gasteiger partial charge >= 0.3 is 0 Å². The van der Waals surface area contributed by atoms with Crippen LogP contribution in [0.2, 0.25) is 0 Å². The third-order valence-corrected chi connectivity index (χ3v) is 3.41. The molecule has 0 aliphatic carbocycles. The summed E-state index contributed by atoms with van der Waals surface area (Å²) in [5.74, 6) is 0. The molecule has 2 rings (SSSR count). The van der Waals surface area contributed by atoms with Gasteiger partial charge in [0.2, 0.25) is 0 Å². The monoisotopic (exact) mass is 228 g/mol. The molecule has 0 aromatic heterocycles. The van der Waals surface area contributed by atoms with E-state index in [1.54, 1.807) is 0 Å². The number of ether oxygens (including phenoxy) is 2. The number of likely N-dealkylation sites (tertiary alicyclic amines) is 1. The normalized spacial score (nSPS) is 29.1. The van der Waals surface area contributed by atoms with Gasteiger partial charge in [-0.15, -0.1) is 0 Å². The van der Waals surface area contributed by atoms with Crippen molar-refractivity contribution in [3.63, 3.8) is 0 Å². The minimum Gasteiger partial charge on any atom is -0.379 e. The van der Waals surface area contributed by atoms with Crippen LogP contribution in [-0.4, -0.2) is 63.0 Å². The summed E-state index contributed by atoms with van der Waals surface area (Å²) in [5.41, 5.74) is 0. The molecule has 2 saturated heterocycles. The molecular weight excluding hydrogens is 204 g/mol. The SMILES string of the molecule is CCCOCCOCCN1C[C@@H]2C[C@H]1CN2. The summed E-state index contributed by atoms with van der Waals surface area (Å²) in [6.07, 6.45) is 2.42. The number of hydrogen-bond donors (Lipinski definition) is 1. The first-order chi connectivity index (χ1) is 7.90. The van der Waals surface area contributed by atoms with Crippen molar-refractivity contribution < 1.29 is 9.47 Å². The van der Waals surface area contributed by atoms with E-state index in [1.807, 2.05) is 0 Å². The molecule has 0 aromatic carbocycles. The second-order valence-electron chi connectivity index (χ2n) is 4.71. The topological polar surface area (TPSA) is 33.7 Å². The third-order valence-electron chi connectivity index (χ3n) is 3.41. The van der Waals surface area contributed by atoms with E-state index in [0.717, 1.165) is 51.5 Å². The van der Waals surface area contributed by atoms with E-state index in [-0.39, 0.29) is 0 Å². The number of nitrogens with one attached hydrogen (secondary N) is 1. The second kappa shape index (κ2) is 6.55. The largest absolute Gasteiger partial charge is 0.379 e. The molecular formula is C12H24N2O2. The molecule has 2 atom stereocenters. The molecule has 2 fully saturated rings. The Kier molecular flexibility index (Phi) is 5.03. The third kappa shape index (κ3) is 3.42. The number of nitrogens with zero attached hydrogens (tertiary/aromatic N) is 1. The summed E-state index contributed by atoms with van der Waals surface area (Å²) in [6, 6.07) is 1.52. The van der Waals surface area contributed by atoms with Crippen molar-refractivity contribution >= 4 is 0 Å². The molecule has 94 valence electrons. The van der Waals surface area contributed by atoms with Crippen molar-refractivity contribution in [2.24, 2.45) is 0 Å². The highest BCUT2D eigenvalue weighted by molar-refractivity contribution is 4.97. The lowest BCUT2D eigenvalue weighted by Gasteiger charge is -2.26. The first-order valence-corrected chi connectivity index (χ1v) is 6.53. The van der Waals surface area contributed by atoms with E-state index in [1.165, 1.54) is 19.5 Å². The number of fused-ring (bicyclic) bond motifs is 2. The Labute approximate surface area is 98.3 Å². The average molecular weight is 228 g/mol. The molecule has 0 spiro atoms. The van der Waals surface area contributed by atoms with Crippen LogP contribution >= 0.6 is 0 Å². The Balaban J connectivity index is 1.43. The standard InChI is InChI=1S/C12H24N2O2/c1-2-4-15-6-7-16-5-3-14-10-11-8-12(14)9-13-11/h11-13H,2-10H2,1H3/t11-,12-/m0/s1. The smallest absolute Gasteiger partial charge is 0.0701 e. The summed E-state index contributed by atoms with van der Waals surface area (Å²) in [7, 11) is 0. The molecule has 1 N–H and O–H groups in total. The van der Waals surface area contributed by atoms with Gasteiger partial charge in [0, 0.05) is 38.3 Å². The van der Waals surface area contributed by atoms with Gasteiger partial charge in [0.25, 0.3) is 0 Å². The van der Waals surface area contributed by atoms with Crippen LogP contribution < -0.4 is 5.32 Å². The van der Waals surface area contributed by atoms with Gasteiger partial charge in [-0.3, -0.25) is 4.90 Å². The Morgan fingerprint density at radius 3 is 2.62 bits per heavy atom. The zero-order chi connectivity index (χ0) is 11.2. The molecule has 16 heavy (non-hydrogen) atoms. The molecule has 0 saturated carbocycles. The Morgan fingerprint density at radius 2 is 2.00 bits per heavy atom. The summed E-state index contributed by atoms with van der Waals surface area (Å²) in [6.45, 7) is 8.75. The van der Waals surface area contributed by atoms with Crippen molar-refractivity contribution in [1.29, 1.82) is 0 Å². The first kappa shape index (κ1) is 12.3. The summed E-state index contributed by atoms with van der Waals surface area (Å²) < 4.78 is 10.9. The fourth-order valence-electron chi connectivity index (χ4n) is 2.57. The van der Waals surface area contributed by atoms with Gasteiger partial charge in [0.1, 0.15) is 0 Å². The van der Waals surface area contributed by atoms with Gasteiger partial charge in [-0.2, -0.15) is 0 Å². The highest BCUT2D eigenvalue weighted by atomic mass is 16.5. The molecule has 0 radical (unpaired) electrons. The molecule has 2 aliphatic heterocycles. The fourth-order valence-corrected chi connectivity index (χ4v) is 2.57. The van der Waals surface area contributed by atoms with Crippen molar-refractivity contribution in [2.75, 3.05) is 46.1 Å². The Morgan fingerprint density at radius 1 is 1.19 bits per heavy atom. The second-order valence-corrected chi connectivity index (χ2v) is 4.71. The predicted octanol–water partition coefficient (Wildman–Crippen LogP) is 0.476. The van der Waals surface area contributed by atoms with E-state index in [9.17, 15) is 0 Å². The molecule has 0 amide bonds. The zero-order valence-corrected chi connectivity index (χ0v) is 10.3. The van der Waals surface area contributed by atoms with Crippen molar-refractivity contribution in [2.45, 2.75) is 31.8 Å². The van der Waals surface area contributed by atoms with Crippen LogP contribution in [0.1, 0.15) is 19.8 Å². The molecule has 2 heterocycles. The molecule has 4 heteroatoms. The summed E-state index contributed by atoms with van der Waals surface area (Å²) in [5, 5.41) is 3.51.